The molecule has 1 amide bonds. The predicted octanol–water partition coefficient (Wildman–Crippen LogP) is 6.22. The Morgan fingerprint density at radius 1 is 0.880 bits per heavy atom. The molecule has 0 bridgehead atoms. The van der Waals surface area contributed by atoms with E-state index in [0.29, 0.717) is 6.54 Å². The SMILES string of the molecule is CCCCCC[C@H](CC)C(=O)N(Cc1ccccc1)c1ccccc1. The fourth-order valence-corrected chi connectivity index (χ4v) is 3.21. The van der Waals surface area contributed by atoms with Gasteiger partial charge in [0.1, 0.15) is 0 Å². The summed E-state index contributed by atoms with van der Waals surface area (Å²) in [4.78, 5) is 15.2. The third-order valence-electron chi connectivity index (χ3n) is 4.77. The van der Waals surface area contributed by atoms with Crippen LogP contribution in [-0.2, 0) is 11.3 Å². The smallest absolute Gasteiger partial charge is 0.230 e. The van der Waals surface area contributed by atoms with Gasteiger partial charge in [0, 0.05) is 11.6 Å². The Morgan fingerprint density at radius 2 is 1.52 bits per heavy atom. The third kappa shape index (κ3) is 6.04. The van der Waals surface area contributed by atoms with Crippen LogP contribution in [0.2, 0.25) is 0 Å². The number of amides is 1. The molecule has 2 aromatic carbocycles. The summed E-state index contributed by atoms with van der Waals surface area (Å²) in [6, 6.07) is 20.3. The summed E-state index contributed by atoms with van der Waals surface area (Å²) < 4.78 is 0. The highest BCUT2D eigenvalue weighted by Gasteiger charge is 2.24. The van der Waals surface area contributed by atoms with Crippen LogP contribution >= 0.6 is 0 Å². The molecule has 0 aliphatic carbocycles. The van der Waals surface area contributed by atoms with Gasteiger partial charge in [-0.1, -0.05) is 88.1 Å². The first kappa shape index (κ1) is 19.2. The normalized spacial score (nSPS) is 11.9. The van der Waals surface area contributed by atoms with Crippen molar-refractivity contribution in [3.05, 3.63) is 66.2 Å². The molecule has 0 aliphatic heterocycles. The molecule has 2 heteroatoms. The number of benzene rings is 2. The van der Waals surface area contributed by atoms with Gasteiger partial charge in [-0.25, -0.2) is 0 Å². The summed E-state index contributed by atoms with van der Waals surface area (Å²) in [5.74, 6) is 0.370. The van der Waals surface area contributed by atoms with E-state index in [0.717, 1.165) is 24.9 Å². The Labute approximate surface area is 152 Å². The molecule has 2 aromatic rings. The molecule has 2 rings (SSSR count). The molecule has 0 heterocycles. The average Bonchev–Trinajstić information content (AvgIpc) is 2.67. The second-order valence-electron chi connectivity index (χ2n) is 6.70. The Hall–Kier alpha value is -2.09. The number of carbonyl (C=O) groups is 1. The van der Waals surface area contributed by atoms with E-state index < -0.39 is 0 Å². The molecule has 0 aromatic heterocycles. The molecular weight excluding hydrogens is 306 g/mol. The summed E-state index contributed by atoms with van der Waals surface area (Å²) in [5.41, 5.74) is 2.16. The van der Waals surface area contributed by atoms with Gasteiger partial charge in [0.05, 0.1) is 6.54 Å². The number of carbonyl (C=O) groups excluding carboxylic acids is 1. The molecule has 0 unspecified atom stereocenters. The Kier molecular flexibility index (Phi) is 8.24. The highest BCUT2D eigenvalue weighted by molar-refractivity contribution is 5.94. The minimum absolute atomic E-state index is 0.112. The van der Waals surface area contributed by atoms with Gasteiger partial charge < -0.3 is 4.90 Å². The molecule has 25 heavy (non-hydrogen) atoms. The number of hydrogen-bond acceptors (Lipinski definition) is 1. The van der Waals surface area contributed by atoms with Crippen molar-refractivity contribution >= 4 is 11.6 Å². The van der Waals surface area contributed by atoms with Crippen molar-refractivity contribution in [3.8, 4) is 0 Å². The lowest BCUT2D eigenvalue weighted by Crippen LogP contribution is -2.35. The number of para-hydroxylation sites is 1. The maximum Gasteiger partial charge on any atom is 0.230 e. The van der Waals surface area contributed by atoms with Gasteiger partial charge in [0.2, 0.25) is 5.91 Å². The summed E-state index contributed by atoms with van der Waals surface area (Å²) in [6.45, 7) is 4.99. The van der Waals surface area contributed by atoms with Crippen molar-refractivity contribution in [2.75, 3.05) is 4.90 Å². The summed E-state index contributed by atoms with van der Waals surface area (Å²) in [6.07, 6.45) is 6.76. The third-order valence-corrected chi connectivity index (χ3v) is 4.77. The Morgan fingerprint density at radius 3 is 2.12 bits per heavy atom. The number of anilines is 1. The minimum atomic E-state index is 0.112. The van der Waals surface area contributed by atoms with E-state index in [9.17, 15) is 4.79 Å². The van der Waals surface area contributed by atoms with Gasteiger partial charge in [0.15, 0.2) is 0 Å². The maximum absolute atomic E-state index is 13.3. The minimum Gasteiger partial charge on any atom is -0.308 e. The van der Waals surface area contributed by atoms with Crippen molar-refractivity contribution in [2.24, 2.45) is 5.92 Å². The standard InChI is InChI=1S/C23H31NO/c1-3-5-6-11-16-21(4-2)23(25)24(22-17-12-8-13-18-22)19-20-14-9-7-10-15-20/h7-10,12-15,17-18,21H,3-6,11,16,19H2,1-2H3/t21-/m0/s1. The molecule has 0 spiro atoms. The zero-order chi connectivity index (χ0) is 17.9. The second kappa shape index (κ2) is 10.7. The van der Waals surface area contributed by atoms with Crippen molar-refractivity contribution in [2.45, 2.75) is 58.9 Å². The molecular formula is C23H31NO. The number of hydrogen-bond donors (Lipinski definition) is 0. The van der Waals surface area contributed by atoms with E-state index in [1.165, 1.54) is 24.8 Å². The van der Waals surface area contributed by atoms with Crippen molar-refractivity contribution in [3.63, 3.8) is 0 Å². The lowest BCUT2D eigenvalue weighted by molar-refractivity contribution is -0.122. The zero-order valence-corrected chi connectivity index (χ0v) is 15.7. The van der Waals surface area contributed by atoms with Crippen LogP contribution in [0.3, 0.4) is 0 Å². The molecule has 134 valence electrons. The lowest BCUT2D eigenvalue weighted by Gasteiger charge is -2.27. The van der Waals surface area contributed by atoms with E-state index in [1.54, 1.807) is 0 Å². The first-order valence-electron chi connectivity index (χ1n) is 9.66. The van der Waals surface area contributed by atoms with E-state index in [-0.39, 0.29) is 11.8 Å². The molecule has 0 N–H and O–H groups in total. The first-order chi connectivity index (χ1) is 12.3. The molecule has 0 saturated heterocycles. The van der Waals surface area contributed by atoms with Crippen LogP contribution in [0.15, 0.2) is 60.7 Å². The molecule has 0 aliphatic rings. The molecule has 1 atom stereocenters. The molecule has 0 fully saturated rings. The zero-order valence-electron chi connectivity index (χ0n) is 15.7. The first-order valence-corrected chi connectivity index (χ1v) is 9.66. The number of unbranched alkanes of at least 4 members (excludes halogenated alkanes) is 3. The van der Waals surface area contributed by atoms with Crippen LogP contribution in [0.25, 0.3) is 0 Å². The lowest BCUT2D eigenvalue weighted by atomic mass is 9.96. The van der Waals surface area contributed by atoms with Crippen LogP contribution in [0.4, 0.5) is 5.69 Å². The van der Waals surface area contributed by atoms with Crippen LogP contribution in [0.1, 0.15) is 57.9 Å². The van der Waals surface area contributed by atoms with Gasteiger partial charge in [-0.2, -0.15) is 0 Å². The van der Waals surface area contributed by atoms with Crippen LogP contribution < -0.4 is 4.90 Å². The Balaban J connectivity index is 2.14. The highest BCUT2D eigenvalue weighted by Crippen LogP contribution is 2.24. The van der Waals surface area contributed by atoms with Crippen LogP contribution in [-0.4, -0.2) is 5.91 Å². The number of nitrogens with zero attached hydrogens (tertiary/aromatic N) is 1. The molecule has 2 nitrogen and oxygen atoms in total. The topological polar surface area (TPSA) is 20.3 Å². The fraction of sp³-hybridized carbons (Fsp3) is 0.435. The van der Waals surface area contributed by atoms with Crippen molar-refractivity contribution < 1.29 is 4.79 Å². The maximum atomic E-state index is 13.3. The van der Waals surface area contributed by atoms with E-state index in [4.69, 9.17) is 0 Å². The van der Waals surface area contributed by atoms with Gasteiger partial charge >= 0.3 is 0 Å². The van der Waals surface area contributed by atoms with Gasteiger partial charge in [-0.15, -0.1) is 0 Å². The van der Waals surface area contributed by atoms with Gasteiger partial charge in [-0.05, 0) is 30.5 Å². The molecule has 0 saturated carbocycles. The number of rotatable bonds is 10. The summed E-state index contributed by atoms with van der Waals surface area (Å²) in [7, 11) is 0. The van der Waals surface area contributed by atoms with Gasteiger partial charge in [-0.3, -0.25) is 4.79 Å². The quantitative estimate of drug-likeness (QED) is 0.471. The molecule has 0 radical (unpaired) electrons. The van der Waals surface area contributed by atoms with Gasteiger partial charge in [0.25, 0.3) is 0 Å². The van der Waals surface area contributed by atoms with E-state index in [1.807, 2.05) is 53.4 Å². The highest BCUT2D eigenvalue weighted by atomic mass is 16.2. The second-order valence-corrected chi connectivity index (χ2v) is 6.70. The van der Waals surface area contributed by atoms with E-state index in [2.05, 4.69) is 26.0 Å². The summed E-state index contributed by atoms with van der Waals surface area (Å²) in [5, 5.41) is 0. The summed E-state index contributed by atoms with van der Waals surface area (Å²) >= 11 is 0. The fourth-order valence-electron chi connectivity index (χ4n) is 3.21. The van der Waals surface area contributed by atoms with Crippen LogP contribution in [0, 0.1) is 5.92 Å². The van der Waals surface area contributed by atoms with E-state index >= 15 is 0 Å². The largest absolute Gasteiger partial charge is 0.308 e. The Bertz CT molecular complexity index is 609. The monoisotopic (exact) mass is 337 g/mol. The average molecular weight is 338 g/mol. The predicted molar refractivity (Wildman–Crippen MR) is 107 cm³/mol. The van der Waals surface area contributed by atoms with Crippen molar-refractivity contribution in [1.82, 2.24) is 0 Å². The van der Waals surface area contributed by atoms with Crippen molar-refractivity contribution in [1.29, 1.82) is 0 Å². The van der Waals surface area contributed by atoms with Crippen LogP contribution in [0.5, 0.6) is 0 Å².